The molecule has 0 bridgehead atoms. The van der Waals surface area contributed by atoms with Crippen molar-refractivity contribution in [2.75, 3.05) is 20.1 Å². The molecule has 146 valence electrons. The first-order valence-electron chi connectivity index (χ1n) is 9.48. The van der Waals surface area contributed by atoms with Crippen LogP contribution in [0.4, 0.5) is 8.78 Å². The molecule has 0 N–H and O–H groups in total. The first kappa shape index (κ1) is 19.2. The average molecular weight is 402 g/mol. The van der Waals surface area contributed by atoms with E-state index in [1.54, 1.807) is 12.1 Å². The van der Waals surface area contributed by atoms with Crippen LogP contribution >= 0.6 is 11.6 Å². The molecule has 0 spiro atoms. The van der Waals surface area contributed by atoms with E-state index in [0.29, 0.717) is 17.2 Å². The number of halogens is 3. The minimum Gasteiger partial charge on any atom is -0.306 e. The maximum Gasteiger partial charge on any atom is 0.264 e. The molecule has 0 radical (unpaired) electrons. The Balaban J connectivity index is 1.85. The van der Waals surface area contributed by atoms with Gasteiger partial charge in [0.25, 0.3) is 6.43 Å². The van der Waals surface area contributed by atoms with E-state index < -0.39 is 6.43 Å². The number of alkyl halides is 2. The van der Waals surface area contributed by atoms with E-state index in [0.717, 1.165) is 42.4 Å². The van der Waals surface area contributed by atoms with Crippen LogP contribution in [0.25, 0.3) is 22.2 Å². The van der Waals surface area contributed by atoms with Gasteiger partial charge in [0, 0.05) is 28.1 Å². The number of piperidine rings is 1. The summed E-state index contributed by atoms with van der Waals surface area (Å²) in [6.07, 6.45) is -0.349. The van der Waals surface area contributed by atoms with Gasteiger partial charge in [-0.2, -0.15) is 0 Å². The summed E-state index contributed by atoms with van der Waals surface area (Å²) >= 11 is 5.93. The maximum absolute atomic E-state index is 13.6. The third kappa shape index (κ3) is 3.49. The molecule has 1 fully saturated rings. The fourth-order valence-electron chi connectivity index (χ4n) is 4.21. The zero-order chi connectivity index (χ0) is 19.8. The molecule has 1 atom stereocenters. The van der Waals surface area contributed by atoms with E-state index in [1.165, 1.54) is 11.6 Å². The number of hydrogen-bond acceptors (Lipinski definition) is 3. The Morgan fingerprint density at radius 1 is 1.18 bits per heavy atom. The van der Waals surface area contributed by atoms with E-state index in [9.17, 15) is 8.78 Å². The molecule has 0 amide bonds. The van der Waals surface area contributed by atoms with E-state index in [1.807, 2.05) is 19.1 Å². The second kappa shape index (κ2) is 7.72. The van der Waals surface area contributed by atoms with Crippen LogP contribution in [0.2, 0.25) is 5.02 Å². The molecule has 1 aromatic heterocycles. The van der Waals surface area contributed by atoms with Gasteiger partial charge in [0.05, 0.1) is 11.2 Å². The zero-order valence-electron chi connectivity index (χ0n) is 15.9. The first-order valence-corrected chi connectivity index (χ1v) is 9.86. The summed E-state index contributed by atoms with van der Waals surface area (Å²) in [4.78, 5) is 2.34. The van der Waals surface area contributed by atoms with Gasteiger partial charge in [-0.05, 0) is 62.5 Å². The predicted octanol–water partition coefficient (Wildman–Crippen LogP) is 6.01. The number of fused-ring (bicyclic) bond motifs is 1. The largest absolute Gasteiger partial charge is 0.306 e. The quantitative estimate of drug-likeness (QED) is 0.538. The first-order chi connectivity index (χ1) is 13.5. The van der Waals surface area contributed by atoms with Crippen LogP contribution in [0.1, 0.15) is 41.9 Å². The van der Waals surface area contributed by atoms with Crippen molar-refractivity contribution >= 4 is 22.5 Å². The number of nitrogens with zero attached hydrogens (tertiary/aromatic N) is 3. The lowest BCUT2D eigenvalue weighted by Crippen LogP contribution is -2.31. The summed E-state index contributed by atoms with van der Waals surface area (Å²) in [7, 11) is 2.14. The Morgan fingerprint density at radius 3 is 2.75 bits per heavy atom. The predicted molar refractivity (Wildman–Crippen MR) is 109 cm³/mol. The molecule has 2 aromatic carbocycles. The minimum atomic E-state index is -2.63. The van der Waals surface area contributed by atoms with Gasteiger partial charge in [0.1, 0.15) is 0 Å². The molecule has 0 aliphatic carbocycles. The minimum absolute atomic E-state index is 0.116. The molecule has 2 heterocycles. The van der Waals surface area contributed by atoms with Gasteiger partial charge in [-0.3, -0.25) is 0 Å². The van der Waals surface area contributed by atoms with E-state index >= 15 is 0 Å². The smallest absolute Gasteiger partial charge is 0.264 e. The van der Waals surface area contributed by atoms with Crippen molar-refractivity contribution in [2.24, 2.45) is 0 Å². The van der Waals surface area contributed by atoms with Crippen molar-refractivity contribution < 1.29 is 8.78 Å². The van der Waals surface area contributed by atoms with Crippen molar-refractivity contribution in [1.82, 2.24) is 15.1 Å². The topological polar surface area (TPSA) is 29.0 Å². The van der Waals surface area contributed by atoms with Crippen molar-refractivity contribution in [1.29, 1.82) is 0 Å². The van der Waals surface area contributed by atoms with Crippen LogP contribution in [-0.4, -0.2) is 35.2 Å². The van der Waals surface area contributed by atoms with Crippen molar-refractivity contribution in [3.05, 3.63) is 58.1 Å². The van der Waals surface area contributed by atoms with Gasteiger partial charge >= 0.3 is 0 Å². The molecule has 0 unspecified atom stereocenters. The summed E-state index contributed by atoms with van der Waals surface area (Å²) in [6, 6.07) is 10.7. The molecule has 3 aromatic rings. The van der Waals surface area contributed by atoms with Crippen molar-refractivity contribution in [3.63, 3.8) is 0 Å². The molecular formula is C22H22ClF2N3. The number of aryl methyl sites for hydroxylation is 1. The van der Waals surface area contributed by atoms with Gasteiger partial charge in [-0.25, -0.2) is 8.78 Å². The third-order valence-corrected chi connectivity index (χ3v) is 5.88. The molecule has 3 nitrogen and oxygen atoms in total. The summed E-state index contributed by atoms with van der Waals surface area (Å²) in [5.74, 6) is 0.411. The molecule has 1 aliphatic heterocycles. The number of likely N-dealkylation sites (N-methyl/N-ethyl adjacent to an activating group) is 1. The molecular weight excluding hydrogens is 380 g/mol. The average Bonchev–Trinajstić information content (AvgIpc) is 2.68. The second-order valence-corrected chi connectivity index (χ2v) is 7.99. The lowest BCUT2D eigenvalue weighted by molar-refractivity contribution is 0.152. The SMILES string of the molecule is Cc1c(-c2ccc(Cl)cc2C(F)F)nnc2c([C@H]3CCCN(C)C3)cccc12. The monoisotopic (exact) mass is 401 g/mol. The standard InChI is InChI=1S/C22H22ClF2N3/c1-13-16-6-3-7-17(14-5-4-10-28(2)12-14)21(16)27-26-20(13)18-9-8-15(23)11-19(18)22(24)25/h3,6-9,11,14,22H,4-5,10,12H2,1-2H3/t14-/m0/s1. The van der Waals surface area contributed by atoms with Crippen molar-refractivity contribution in [3.8, 4) is 11.3 Å². The van der Waals surface area contributed by atoms with E-state index in [2.05, 4.69) is 28.2 Å². The second-order valence-electron chi connectivity index (χ2n) is 7.55. The summed E-state index contributed by atoms with van der Waals surface area (Å²) in [5, 5.41) is 10.1. The molecule has 4 rings (SSSR count). The number of benzene rings is 2. The molecule has 6 heteroatoms. The Bertz CT molecular complexity index is 1020. The number of rotatable bonds is 3. The van der Waals surface area contributed by atoms with Crippen LogP contribution < -0.4 is 0 Å². The fraction of sp³-hybridized carbons (Fsp3) is 0.364. The van der Waals surface area contributed by atoms with Crippen LogP contribution in [0, 0.1) is 6.92 Å². The summed E-state index contributed by atoms with van der Waals surface area (Å²) in [6.45, 7) is 4.03. The zero-order valence-corrected chi connectivity index (χ0v) is 16.7. The maximum atomic E-state index is 13.6. The third-order valence-electron chi connectivity index (χ3n) is 5.64. The number of likely N-dealkylation sites (tertiary alicyclic amines) is 1. The lowest BCUT2D eigenvalue weighted by atomic mass is 9.88. The highest BCUT2D eigenvalue weighted by molar-refractivity contribution is 6.30. The van der Waals surface area contributed by atoms with Gasteiger partial charge in [-0.1, -0.05) is 35.9 Å². The fourth-order valence-corrected chi connectivity index (χ4v) is 4.39. The summed E-state index contributed by atoms with van der Waals surface area (Å²) in [5.41, 5.74) is 3.68. The highest BCUT2D eigenvalue weighted by Gasteiger charge is 2.23. The van der Waals surface area contributed by atoms with Gasteiger partial charge in [0.2, 0.25) is 0 Å². The normalized spacial score (nSPS) is 18.1. The van der Waals surface area contributed by atoms with Gasteiger partial charge < -0.3 is 4.90 Å². The van der Waals surface area contributed by atoms with Crippen LogP contribution in [0.15, 0.2) is 36.4 Å². The highest BCUT2D eigenvalue weighted by atomic mass is 35.5. The Labute approximate surface area is 168 Å². The van der Waals surface area contributed by atoms with Crippen LogP contribution in [-0.2, 0) is 0 Å². The molecule has 1 aliphatic rings. The van der Waals surface area contributed by atoms with E-state index in [4.69, 9.17) is 11.6 Å². The highest BCUT2D eigenvalue weighted by Crippen LogP contribution is 2.37. The molecule has 28 heavy (non-hydrogen) atoms. The molecule has 1 saturated heterocycles. The van der Waals surface area contributed by atoms with Gasteiger partial charge in [0.15, 0.2) is 0 Å². The summed E-state index contributed by atoms with van der Waals surface area (Å²) < 4.78 is 27.1. The Hall–Kier alpha value is -2.11. The van der Waals surface area contributed by atoms with Crippen LogP contribution in [0.5, 0.6) is 0 Å². The lowest BCUT2D eigenvalue weighted by Gasteiger charge is -2.30. The molecule has 0 saturated carbocycles. The van der Waals surface area contributed by atoms with E-state index in [-0.39, 0.29) is 10.6 Å². The number of hydrogen-bond donors (Lipinski definition) is 0. The Morgan fingerprint density at radius 2 is 2.00 bits per heavy atom. The number of aromatic nitrogens is 2. The van der Waals surface area contributed by atoms with Crippen molar-refractivity contribution in [2.45, 2.75) is 32.1 Å². The van der Waals surface area contributed by atoms with Gasteiger partial charge in [-0.15, -0.1) is 10.2 Å². The van der Waals surface area contributed by atoms with Crippen LogP contribution in [0.3, 0.4) is 0 Å². The Kier molecular flexibility index (Phi) is 5.30.